The average Bonchev–Trinajstić information content (AvgIpc) is 3.66. The van der Waals surface area contributed by atoms with E-state index in [-0.39, 0.29) is 59.9 Å². The van der Waals surface area contributed by atoms with Crippen molar-refractivity contribution in [2.45, 2.75) is 81.8 Å². The van der Waals surface area contributed by atoms with Crippen LogP contribution >= 0.6 is 0 Å². The Morgan fingerprint density at radius 3 is 1.96 bits per heavy atom. The van der Waals surface area contributed by atoms with Gasteiger partial charge < -0.3 is 25.3 Å². The van der Waals surface area contributed by atoms with Crippen molar-refractivity contribution in [2.24, 2.45) is 11.8 Å². The van der Waals surface area contributed by atoms with Gasteiger partial charge in [-0.05, 0) is 118 Å². The number of hydrogen-bond acceptors (Lipinski definition) is 6. The van der Waals surface area contributed by atoms with E-state index >= 15 is 0 Å². The molecule has 5 amide bonds. The van der Waals surface area contributed by atoms with Crippen molar-refractivity contribution in [3.05, 3.63) is 71.3 Å². The Morgan fingerprint density at radius 2 is 1.32 bits per heavy atom. The first-order valence-corrected chi connectivity index (χ1v) is 19.3. The summed E-state index contributed by atoms with van der Waals surface area (Å²) in [7, 11) is 0. The van der Waals surface area contributed by atoms with Crippen LogP contribution in [0.4, 0.5) is 8.78 Å². The van der Waals surface area contributed by atoms with Crippen molar-refractivity contribution >= 4 is 29.5 Å². The molecule has 0 unspecified atom stereocenters. The zero-order valence-corrected chi connectivity index (χ0v) is 30.2. The quantitative estimate of drug-likeness (QED) is 0.487. The minimum atomic E-state index is -0.845. The van der Waals surface area contributed by atoms with Gasteiger partial charge in [-0.3, -0.25) is 28.9 Å². The first-order valence-electron chi connectivity index (χ1n) is 19.3. The number of amides is 5. The monoisotopic (exact) mass is 732 g/mol. The highest BCUT2D eigenvalue weighted by Gasteiger charge is 2.44. The van der Waals surface area contributed by atoms with Gasteiger partial charge in [0.1, 0.15) is 11.6 Å². The van der Waals surface area contributed by atoms with E-state index in [1.54, 1.807) is 9.80 Å². The Hall–Kier alpha value is -4.39. The molecule has 53 heavy (non-hydrogen) atoms. The van der Waals surface area contributed by atoms with Gasteiger partial charge in [-0.15, -0.1) is 0 Å². The largest absolute Gasteiger partial charge is 0.356 e. The molecule has 6 fully saturated rings. The van der Waals surface area contributed by atoms with Crippen LogP contribution in [0.2, 0.25) is 0 Å². The number of fused-ring (bicyclic) bond motifs is 8. The van der Waals surface area contributed by atoms with Crippen LogP contribution in [0.1, 0.15) is 84.9 Å². The molecule has 6 heterocycles. The normalized spacial score (nSPS) is 26.3. The second-order valence-corrected chi connectivity index (χ2v) is 15.7. The van der Waals surface area contributed by atoms with Crippen LogP contribution in [0.5, 0.6) is 0 Å². The Labute approximate surface area is 309 Å². The minimum Gasteiger partial charge on any atom is -0.356 e. The van der Waals surface area contributed by atoms with E-state index < -0.39 is 17.2 Å². The summed E-state index contributed by atoms with van der Waals surface area (Å²) in [5.74, 6) is -1.39. The number of nitrogens with one attached hydrogen (secondary N) is 2. The average molecular weight is 733 g/mol. The summed E-state index contributed by atoms with van der Waals surface area (Å²) in [6.07, 6.45) is 5.67. The predicted molar refractivity (Wildman–Crippen MR) is 193 cm³/mol. The number of halogens is 2. The Balaban J connectivity index is 1.09. The van der Waals surface area contributed by atoms with Gasteiger partial charge >= 0.3 is 0 Å². The van der Waals surface area contributed by atoms with Crippen LogP contribution in [0, 0.1) is 23.5 Å². The summed E-state index contributed by atoms with van der Waals surface area (Å²) < 4.78 is 27.1. The second-order valence-electron chi connectivity index (χ2n) is 15.7. The van der Waals surface area contributed by atoms with E-state index in [0.717, 1.165) is 32.2 Å². The first-order chi connectivity index (χ1) is 25.6. The van der Waals surface area contributed by atoms with Crippen molar-refractivity contribution in [3.8, 4) is 0 Å². The Bertz CT molecular complexity index is 1670. The number of carbonyl (C=O) groups excluding carboxylic acids is 5. The fourth-order valence-corrected chi connectivity index (χ4v) is 9.31. The van der Waals surface area contributed by atoms with Crippen LogP contribution in [0.3, 0.4) is 0 Å². The molecule has 13 heteroatoms. The molecule has 2 N–H and O–H groups in total. The van der Waals surface area contributed by atoms with E-state index in [0.29, 0.717) is 89.0 Å². The molecular formula is C40H50F2N6O5. The fraction of sp³-hybridized carbons (Fsp3) is 0.575. The number of carbonyl (C=O) groups is 5. The molecule has 0 aliphatic carbocycles. The second kappa shape index (κ2) is 15.9. The van der Waals surface area contributed by atoms with Crippen LogP contribution < -0.4 is 10.6 Å². The topological polar surface area (TPSA) is 122 Å². The fourth-order valence-electron chi connectivity index (χ4n) is 9.31. The van der Waals surface area contributed by atoms with Gasteiger partial charge in [0, 0.05) is 75.8 Å². The van der Waals surface area contributed by atoms with Crippen molar-refractivity contribution in [2.75, 3.05) is 52.4 Å². The number of piperidine rings is 3. The smallest absolute Gasteiger partial charge is 0.253 e. The molecule has 2 bridgehead atoms. The lowest BCUT2D eigenvalue weighted by Gasteiger charge is -2.44. The molecule has 0 aromatic heterocycles. The predicted octanol–water partition coefficient (Wildman–Crippen LogP) is 3.59. The van der Waals surface area contributed by atoms with Crippen LogP contribution in [-0.2, 0) is 14.4 Å². The van der Waals surface area contributed by atoms with E-state index in [2.05, 4.69) is 15.5 Å². The number of rotatable bonds is 2. The van der Waals surface area contributed by atoms with Crippen LogP contribution in [0.25, 0.3) is 0 Å². The highest BCUT2D eigenvalue weighted by Crippen LogP contribution is 2.34. The molecule has 6 aliphatic rings. The van der Waals surface area contributed by atoms with E-state index in [9.17, 15) is 32.8 Å². The van der Waals surface area contributed by atoms with E-state index in [1.807, 2.05) is 4.90 Å². The van der Waals surface area contributed by atoms with Crippen molar-refractivity contribution < 1.29 is 32.8 Å². The third-order valence-electron chi connectivity index (χ3n) is 12.4. The molecule has 8 rings (SSSR count). The van der Waals surface area contributed by atoms with E-state index in [4.69, 9.17) is 0 Å². The van der Waals surface area contributed by atoms with Gasteiger partial charge in [-0.25, -0.2) is 8.78 Å². The standard InChI is InChI=1S/C40H50F2N6O5/c41-31-7-3-27(4-8-31)38(52)46-22-15-40(16-23-46)25-35(49)43-17-11-30-26-47(39(53)28-5-9-32(42)10-6-28)19-12-29(30)24-36(50)45-20-13-33(14-21-45)48-18-1-2-34(48)37(51)44-40/h3-10,29-30,33-34H,1-2,11-26H2,(H,43,49)(H,44,51)/t29-,30-,34-/m0/s1. The van der Waals surface area contributed by atoms with Crippen molar-refractivity contribution in [1.29, 1.82) is 0 Å². The summed E-state index contributed by atoms with van der Waals surface area (Å²) in [6, 6.07) is 10.9. The lowest BCUT2D eigenvalue weighted by molar-refractivity contribution is -0.136. The zero-order chi connectivity index (χ0) is 37.1. The van der Waals surface area contributed by atoms with Crippen molar-refractivity contribution in [3.63, 3.8) is 0 Å². The lowest BCUT2D eigenvalue weighted by Crippen LogP contribution is -2.61. The lowest BCUT2D eigenvalue weighted by atomic mass is 9.80. The summed E-state index contributed by atoms with van der Waals surface area (Å²) in [5, 5.41) is 6.41. The SMILES string of the molecule is O=C1CC2(CCN(C(=O)c3ccc(F)cc3)CC2)NC(=O)[C@@H]2CCCN2C2CCN(CC2)C(=O)C[C@@H]2CCN(C(=O)c3ccc(F)cc3)C[C@@H]2CCN1. The molecule has 1 spiro atoms. The van der Waals surface area contributed by atoms with Crippen molar-refractivity contribution in [1.82, 2.24) is 30.2 Å². The highest BCUT2D eigenvalue weighted by molar-refractivity contribution is 5.95. The maximum absolute atomic E-state index is 14.1. The maximum atomic E-state index is 14.1. The van der Waals surface area contributed by atoms with E-state index in [1.165, 1.54) is 48.5 Å². The third-order valence-corrected chi connectivity index (χ3v) is 12.4. The van der Waals surface area contributed by atoms with Gasteiger partial charge in [0.15, 0.2) is 0 Å². The molecule has 284 valence electrons. The molecule has 3 atom stereocenters. The Kier molecular flexibility index (Phi) is 11.1. The number of benzene rings is 2. The zero-order valence-electron chi connectivity index (χ0n) is 30.2. The van der Waals surface area contributed by atoms with Crippen LogP contribution in [-0.4, -0.2) is 119 Å². The molecule has 6 saturated heterocycles. The van der Waals surface area contributed by atoms with Gasteiger partial charge in [0.05, 0.1) is 11.6 Å². The summed E-state index contributed by atoms with van der Waals surface area (Å²) in [4.78, 5) is 75.9. The number of nitrogens with zero attached hydrogens (tertiary/aromatic N) is 4. The van der Waals surface area contributed by atoms with Gasteiger partial charge in [-0.1, -0.05) is 0 Å². The molecule has 11 nitrogen and oxygen atoms in total. The summed E-state index contributed by atoms with van der Waals surface area (Å²) in [6.45, 7) is 4.03. The summed E-state index contributed by atoms with van der Waals surface area (Å²) in [5.41, 5.74) is -0.0421. The van der Waals surface area contributed by atoms with Crippen LogP contribution in [0.15, 0.2) is 48.5 Å². The minimum absolute atomic E-state index is 0.0337. The van der Waals surface area contributed by atoms with Gasteiger partial charge in [-0.2, -0.15) is 0 Å². The molecule has 0 saturated carbocycles. The number of likely N-dealkylation sites (tertiary alicyclic amines) is 2. The number of hydrogen-bond donors (Lipinski definition) is 2. The highest BCUT2D eigenvalue weighted by atomic mass is 19.1. The Morgan fingerprint density at radius 1 is 0.698 bits per heavy atom. The van der Waals surface area contributed by atoms with Gasteiger partial charge in [0.2, 0.25) is 17.7 Å². The first kappa shape index (κ1) is 36.9. The molecule has 2 aromatic rings. The molecular weight excluding hydrogens is 682 g/mol. The molecule has 6 aliphatic heterocycles. The van der Waals surface area contributed by atoms with Gasteiger partial charge in [0.25, 0.3) is 11.8 Å². The summed E-state index contributed by atoms with van der Waals surface area (Å²) >= 11 is 0. The third kappa shape index (κ3) is 8.40. The maximum Gasteiger partial charge on any atom is 0.253 e. The molecule has 0 radical (unpaired) electrons. The molecule has 2 aromatic carbocycles.